The smallest absolute Gasteiger partial charge is 0.223 e. The van der Waals surface area contributed by atoms with Crippen LogP contribution in [0.2, 0.25) is 0 Å². The highest BCUT2D eigenvalue weighted by molar-refractivity contribution is 5.79. The molecule has 2 heteroatoms. The lowest BCUT2D eigenvalue weighted by Gasteiger charge is -2.21. The summed E-state index contributed by atoms with van der Waals surface area (Å²) < 4.78 is 0. The predicted octanol–water partition coefficient (Wildman–Crippen LogP) is 1.76. The molecule has 1 aromatic carbocycles. The first-order chi connectivity index (χ1) is 6.86. The van der Waals surface area contributed by atoms with Gasteiger partial charge >= 0.3 is 0 Å². The Kier molecular flexibility index (Phi) is 2.82. The van der Waals surface area contributed by atoms with Crippen LogP contribution in [0.25, 0.3) is 0 Å². The van der Waals surface area contributed by atoms with Crippen molar-refractivity contribution in [1.29, 1.82) is 0 Å². The molecule has 2 nitrogen and oxygen atoms in total. The van der Waals surface area contributed by atoms with Crippen LogP contribution in [0.5, 0.6) is 0 Å². The predicted molar refractivity (Wildman–Crippen MR) is 55.9 cm³/mol. The van der Waals surface area contributed by atoms with Crippen molar-refractivity contribution in [2.75, 3.05) is 6.54 Å². The summed E-state index contributed by atoms with van der Waals surface area (Å²) in [5.74, 6) is 0.409. The minimum absolute atomic E-state index is 0.186. The first-order valence-corrected chi connectivity index (χ1v) is 5.18. The van der Waals surface area contributed by atoms with Gasteiger partial charge in [0.25, 0.3) is 0 Å². The van der Waals surface area contributed by atoms with Gasteiger partial charge in [-0.1, -0.05) is 30.3 Å². The Morgan fingerprint density at radius 1 is 1.29 bits per heavy atom. The molecule has 0 aromatic heterocycles. The SMILES string of the molecule is O=C1NCCCC1Cc1ccccc1. The van der Waals surface area contributed by atoms with Gasteiger partial charge in [-0.15, -0.1) is 0 Å². The number of hydrogen-bond acceptors (Lipinski definition) is 1. The second-order valence-corrected chi connectivity index (χ2v) is 3.82. The molecule has 1 N–H and O–H groups in total. The van der Waals surface area contributed by atoms with Crippen molar-refractivity contribution in [3.8, 4) is 0 Å². The van der Waals surface area contributed by atoms with Gasteiger partial charge in [0.2, 0.25) is 5.91 Å². The Balaban J connectivity index is 2.00. The zero-order chi connectivity index (χ0) is 9.80. The van der Waals surface area contributed by atoms with Gasteiger partial charge < -0.3 is 5.32 Å². The van der Waals surface area contributed by atoms with Gasteiger partial charge in [-0.3, -0.25) is 4.79 Å². The zero-order valence-corrected chi connectivity index (χ0v) is 8.20. The molecular weight excluding hydrogens is 174 g/mol. The number of carbonyl (C=O) groups is 1. The summed E-state index contributed by atoms with van der Waals surface area (Å²) in [6, 6.07) is 10.2. The second kappa shape index (κ2) is 4.27. The van der Waals surface area contributed by atoms with Crippen molar-refractivity contribution in [2.24, 2.45) is 5.92 Å². The van der Waals surface area contributed by atoms with E-state index in [4.69, 9.17) is 0 Å². The molecule has 0 radical (unpaired) electrons. The first kappa shape index (κ1) is 9.25. The summed E-state index contributed by atoms with van der Waals surface area (Å²) in [6.45, 7) is 0.851. The van der Waals surface area contributed by atoms with Gasteiger partial charge in [0.05, 0.1) is 0 Å². The maximum atomic E-state index is 11.5. The minimum Gasteiger partial charge on any atom is -0.356 e. The number of nitrogens with one attached hydrogen (secondary N) is 1. The molecule has 1 aromatic rings. The van der Waals surface area contributed by atoms with Gasteiger partial charge in [-0.05, 0) is 24.8 Å². The number of piperidine rings is 1. The molecule has 1 heterocycles. The van der Waals surface area contributed by atoms with Gasteiger partial charge in [0, 0.05) is 12.5 Å². The fourth-order valence-corrected chi connectivity index (χ4v) is 1.93. The van der Waals surface area contributed by atoms with Crippen molar-refractivity contribution in [1.82, 2.24) is 5.32 Å². The van der Waals surface area contributed by atoms with Gasteiger partial charge in [-0.25, -0.2) is 0 Å². The third kappa shape index (κ3) is 2.13. The molecule has 74 valence electrons. The number of rotatable bonds is 2. The monoisotopic (exact) mass is 189 g/mol. The Hall–Kier alpha value is -1.31. The van der Waals surface area contributed by atoms with E-state index in [2.05, 4.69) is 17.4 Å². The molecule has 0 spiro atoms. The maximum absolute atomic E-state index is 11.5. The van der Waals surface area contributed by atoms with E-state index in [1.54, 1.807) is 0 Å². The molecule has 2 rings (SSSR count). The lowest BCUT2D eigenvalue weighted by molar-refractivity contribution is -0.126. The highest BCUT2D eigenvalue weighted by Gasteiger charge is 2.21. The molecule has 1 atom stereocenters. The fourth-order valence-electron chi connectivity index (χ4n) is 1.93. The molecule has 1 aliphatic heterocycles. The summed E-state index contributed by atoms with van der Waals surface area (Å²) in [7, 11) is 0. The zero-order valence-electron chi connectivity index (χ0n) is 8.20. The third-order valence-corrected chi connectivity index (χ3v) is 2.72. The summed E-state index contributed by atoms with van der Waals surface area (Å²) in [6.07, 6.45) is 3.02. The topological polar surface area (TPSA) is 29.1 Å². The van der Waals surface area contributed by atoms with Crippen LogP contribution in [0.1, 0.15) is 18.4 Å². The van der Waals surface area contributed by atoms with Crippen molar-refractivity contribution < 1.29 is 4.79 Å². The van der Waals surface area contributed by atoms with E-state index < -0.39 is 0 Å². The molecule has 14 heavy (non-hydrogen) atoms. The Labute approximate surface area is 84.3 Å². The van der Waals surface area contributed by atoms with Crippen LogP contribution in [0.15, 0.2) is 30.3 Å². The average Bonchev–Trinajstić information content (AvgIpc) is 2.23. The maximum Gasteiger partial charge on any atom is 0.223 e. The van der Waals surface area contributed by atoms with Crippen LogP contribution in [0.3, 0.4) is 0 Å². The molecule has 0 saturated carbocycles. The van der Waals surface area contributed by atoms with Crippen LogP contribution in [-0.4, -0.2) is 12.5 Å². The largest absolute Gasteiger partial charge is 0.356 e. The van der Waals surface area contributed by atoms with E-state index in [0.717, 1.165) is 25.8 Å². The van der Waals surface area contributed by atoms with Crippen molar-refractivity contribution >= 4 is 5.91 Å². The molecule has 1 amide bonds. The van der Waals surface area contributed by atoms with E-state index in [-0.39, 0.29) is 11.8 Å². The van der Waals surface area contributed by atoms with E-state index in [0.29, 0.717) is 0 Å². The number of hydrogen-bond donors (Lipinski definition) is 1. The van der Waals surface area contributed by atoms with Crippen LogP contribution >= 0.6 is 0 Å². The third-order valence-electron chi connectivity index (χ3n) is 2.72. The van der Waals surface area contributed by atoms with Crippen LogP contribution in [0.4, 0.5) is 0 Å². The quantitative estimate of drug-likeness (QED) is 0.754. The van der Waals surface area contributed by atoms with Crippen molar-refractivity contribution in [2.45, 2.75) is 19.3 Å². The summed E-state index contributed by atoms with van der Waals surface area (Å²) in [5, 5.41) is 2.91. The summed E-state index contributed by atoms with van der Waals surface area (Å²) >= 11 is 0. The van der Waals surface area contributed by atoms with Crippen LogP contribution in [0, 0.1) is 5.92 Å². The molecule has 0 bridgehead atoms. The molecule has 1 unspecified atom stereocenters. The van der Waals surface area contributed by atoms with Gasteiger partial charge in [0.15, 0.2) is 0 Å². The Morgan fingerprint density at radius 3 is 2.79 bits per heavy atom. The molecule has 0 aliphatic carbocycles. The van der Waals surface area contributed by atoms with E-state index >= 15 is 0 Å². The van der Waals surface area contributed by atoms with Crippen LogP contribution in [-0.2, 0) is 11.2 Å². The van der Waals surface area contributed by atoms with Gasteiger partial charge in [0.1, 0.15) is 0 Å². The Morgan fingerprint density at radius 2 is 2.07 bits per heavy atom. The first-order valence-electron chi connectivity index (χ1n) is 5.18. The highest BCUT2D eigenvalue weighted by atomic mass is 16.1. The molecule has 1 aliphatic rings. The molecule has 1 fully saturated rings. The van der Waals surface area contributed by atoms with E-state index in [1.807, 2.05) is 18.2 Å². The number of amides is 1. The standard InChI is InChI=1S/C12H15NO/c14-12-11(7-4-8-13-12)9-10-5-2-1-3-6-10/h1-3,5-6,11H,4,7-9H2,(H,13,14). The number of carbonyl (C=O) groups excluding carboxylic acids is 1. The number of benzene rings is 1. The highest BCUT2D eigenvalue weighted by Crippen LogP contribution is 2.16. The average molecular weight is 189 g/mol. The lowest BCUT2D eigenvalue weighted by Crippen LogP contribution is -2.37. The second-order valence-electron chi connectivity index (χ2n) is 3.82. The van der Waals surface area contributed by atoms with Crippen LogP contribution < -0.4 is 5.32 Å². The minimum atomic E-state index is 0.186. The van der Waals surface area contributed by atoms with Gasteiger partial charge in [-0.2, -0.15) is 0 Å². The van der Waals surface area contributed by atoms with Crippen molar-refractivity contribution in [3.05, 3.63) is 35.9 Å². The normalized spacial score (nSPS) is 21.7. The fraction of sp³-hybridized carbons (Fsp3) is 0.417. The lowest BCUT2D eigenvalue weighted by atomic mass is 9.92. The molecular formula is C12H15NO. The summed E-state index contributed by atoms with van der Waals surface area (Å²) in [4.78, 5) is 11.5. The molecule has 1 saturated heterocycles. The Bertz CT molecular complexity index is 307. The summed E-state index contributed by atoms with van der Waals surface area (Å²) in [5.41, 5.74) is 1.26. The van der Waals surface area contributed by atoms with E-state index in [1.165, 1.54) is 5.56 Å². The van der Waals surface area contributed by atoms with Crippen molar-refractivity contribution in [3.63, 3.8) is 0 Å². The van der Waals surface area contributed by atoms with E-state index in [9.17, 15) is 4.79 Å².